The molecule has 0 amide bonds. The molecular formula is H4CaFeMnO3Si. The smallest absolute Gasteiger partial charge is 0 e. The zero-order chi connectivity index (χ0) is 3.58. The molecule has 0 spiro atoms. The summed E-state index contributed by atoms with van der Waals surface area (Å²) in [6, 6.07) is 0. The second kappa shape index (κ2) is 15.7. The van der Waals surface area contributed by atoms with E-state index in [1.54, 1.807) is 0 Å². The fraction of sp³-hybridized carbons (Fsp3) is 0. The van der Waals surface area contributed by atoms with E-state index in [1.807, 2.05) is 0 Å². The molecule has 0 aromatic carbocycles. The molecule has 0 rings (SSSR count). The van der Waals surface area contributed by atoms with E-state index in [1.165, 1.54) is 0 Å². The maximum atomic E-state index is 8.74. The minimum absolute atomic E-state index is 0. The van der Waals surface area contributed by atoms with Crippen molar-refractivity contribution in [1.29, 1.82) is 0 Å². The van der Waals surface area contributed by atoms with Crippen LogP contribution >= 0.6 is 0 Å². The van der Waals surface area contributed by atoms with Crippen molar-refractivity contribution in [2.45, 2.75) is 0 Å². The van der Waals surface area contributed by atoms with Gasteiger partial charge in [-0.05, 0) is 0 Å². The predicted molar refractivity (Wildman–Crippen MR) is 19.4 cm³/mol. The van der Waals surface area contributed by atoms with Crippen LogP contribution in [0.2, 0.25) is 0 Å². The monoisotopic (exact) mass is 231 g/mol. The van der Waals surface area contributed by atoms with E-state index in [0.29, 0.717) is 0 Å². The average molecular weight is 231 g/mol. The molecule has 0 fully saturated rings. The molecule has 0 aliphatic rings. The van der Waals surface area contributed by atoms with E-state index in [9.17, 15) is 0 Å². The summed E-state index contributed by atoms with van der Waals surface area (Å²) in [6.07, 6.45) is 0. The number of rotatable bonds is 0. The van der Waals surface area contributed by atoms with Crippen LogP contribution in [0.5, 0.6) is 0 Å². The minimum Gasteiger partial charge on any atom is 0 e. The SMILES string of the molecule is O=[Si](O)O.[CaH2].[Fe].[Mn]. The third-order valence-corrected chi connectivity index (χ3v) is 0. The van der Waals surface area contributed by atoms with Gasteiger partial charge in [-0.1, -0.05) is 0 Å². The van der Waals surface area contributed by atoms with Gasteiger partial charge in [0.15, 0.2) is 0 Å². The molecule has 0 atom stereocenters. The summed E-state index contributed by atoms with van der Waals surface area (Å²) in [4.78, 5) is 14.3. The van der Waals surface area contributed by atoms with Gasteiger partial charge in [0.2, 0.25) is 0 Å². The maximum Gasteiger partial charge on any atom is 0 e. The number of hydrogen-bond donors (Lipinski definition) is 2. The van der Waals surface area contributed by atoms with Crippen molar-refractivity contribution in [2.75, 3.05) is 0 Å². The van der Waals surface area contributed by atoms with Crippen molar-refractivity contribution in [3.05, 3.63) is 0 Å². The predicted octanol–water partition coefficient (Wildman–Crippen LogP) is -2.53. The topological polar surface area (TPSA) is 57.5 Å². The Labute approximate surface area is 93.7 Å². The van der Waals surface area contributed by atoms with Crippen molar-refractivity contribution in [2.24, 2.45) is 0 Å². The van der Waals surface area contributed by atoms with Crippen molar-refractivity contribution in [1.82, 2.24) is 0 Å². The Bertz CT molecular complexity index is 37.9. The Kier molecular flexibility index (Phi) is 51.7. The molecular weight excluding hydrogens is 227 g/mol. The van der Waals surface area contributed by atoms with E-state index in [2.05, 4.69) is 0 Å². The largest absolute Gasteiger partial charge is 0 e. The van der Waals surface area contributed by atoms with Gasteiger partial charge in [0.05, 0.1) is 0 Å². The van der Waals surface area contributed by atoms with Crippen LogP contribution < -0.4 is 0 Å². The van der Waals surface area contributed by atoms with Crippen LogP contribution in [0, 0.1) is 0 Å². The van der Waals surface area contributed by atoms with Crippen LogP contribution in [0.1, 0.15) is 0 Å². The van der Waals surface area contributed by atoms with Crippen LogP contribution in [0.4, 0.5) is 0 Å². The van der Waals surface area contributed by atoms with Gasteiger partial charge < -0.3 is 9.59 Å². The zero-order valence-corrected chi connectivity index (χ0v) is 5.82. The average Bonchev–Trinajstić information content (AvgIpc) is 0.811. The molecule has 1 radical (unpaired) electrons. The van der Waals surface area contributed by atoms with Crippen molar-refractivity contribution < 1.29 is 48.2 Å². The van der Waals surface area contributed by atoms with Crippen LogP contribution in [0.15, 0.2) is 0 Å². The quantitative estimate of drug-likeness (QED) is 0.452. The summed E-state index contributed by atoms with van der Waals surface area (Å²) < 4.78 is 8.74. The van der Waals surface area contributed by atoms with E-state index in [4.69, 9.17) is 14.1 Å². The summed E-state index contributed by atoms with van der Waals surface area (Å²) in [7, 11) is -3.13. The van der Waals surface area contributed by atoms with E-state index < -0.39 is 9.17 Å². The molecule has 0 unspecified atom stereocenters. The normalized spacial score (nSPS) is 3.43. The summed E-state index contributed by atoms with van der Waals surface area (Å²) in [6.45, 7) is 0. The summed E-state index contributed by atoms with van der Waals surface area (Å²) in [5.41, 5.74) is 0. The van der Waals surface area contributed by atoms with Gasteiger partial charge in [-0.15, -0.1) is 0 Å². The molecule has 0 aromatic heterocycles. The Balaban J connectivity index is -0.0000000150. The molecule has 0 aliphatic heterocycles. The van der Waals surface area contributed by atoms with Gasteiger partial charge in [-0.3, -0.25) is 4.46 Å². The first kappa shape index (κ1) is 23.1. The fourth-order valence-electron chi connectivity index (χ4n) is 0. The molecule has 7 heavy (non-hydrogen) atoms. The van der Waals surface area contributed by atoms with Crippen LogP contribution in [0.3, 0.4) is 0 Å². The van der Waals surface area contributed by atoms with Crippen LogP contribution in [0.25, 0.3) is 0 Å². The van der Waals surface area contributed by atoms with Crippen molar-refractivity contribution >= 4 is 46.9 Å². The third-order valence-electron chi connectivity index (χ3n) is 0. The summed E-state index contributed by atoms with van der Waals surface area (Å²) in [5.74, 6) is 0. The second-order valence-electron chi connectivity index (χ2n) is 0.283. The van der Waals surface area contributed by atoms with Crippen LogP contribution in [-0.2, 0) is 38.6 Å². The van der Waals surface area contributed by atoms with Gasteiger partial charge in [0.25, 0.3) is 0 Å². The van der Waals surface area contributed by atoms with Gasteiger partial charge >= 0.3 is 46.9 Å². The Morgan fingerprint density at radius 3 is 1.29 bits per heavy atom. The van der Waals surface area contributed by atoms with Gasteiger partial charge in [0.1, 0.15) is 0 Å². The molecule has 0 bridgehead atoms. The van der Waals surface area contributed by atoms with E-state index in [0.717, 1.165) is 0 Å². The van der Waals surface area contributed by atoms with Gasteiger partial charge in [0, 0.05) is 34.1 Å². The molecule has 3 nitrogen and oxygen atoms in total. The second-order valence-corrected chi connectivity index (χ2v) is 0.848. The molecule has 2 N–H and O–H groups in total. The third kappa shape index (κ3) is 75.5. The van der Waals surface area contributed by atoms with Gasteiger partial charge in [-0.2, -0.15) is 0 Å². The van der Waals surface area contributed by atoms with E-state index in [-0.39, 0.29) is 71.9 Å². The first-order valence-electron chi connectivity index (χ1n) is 0.651. The standard InChI is InChI=1S/Ca.Fe.Mn.H2O3Si.2H/c;;;1-4(2)3;;/h;;;1-2H;;. The van der Waals surface area contributed by atoms with Crippen LogP contribution in [-0.4, -0.2) is 56.5 Å². The fourth-order valence-corrected chi connectivity index (χ4v) is 0. The zero-order valence-electron chi connectivity index (χ0n) is 2.53. The Hall–Kier alpha value is 1.92. The molecule has 43 valence electrons. The summed E-state index contributed by atoms with van der Waals surface area (Å²) in [5, 5.41) is 0. The minimum atomic E-state index is -3.13. The molecule has 7 heteroatoms. The van der Waals surface area contributed by atoms with Gasteiger partial charge in [-0.25, -0.2) is 0 Å². The molecule has 0 aliphatic carbocycles. The molecule has 0 saturated heterocycles. The first-order chi connectivity index (χ1) is 1.73. The van der Waals surface area contributed by atoms with Crippen molar-refractivity contribution in [3.8, 4) is 0 Å². The first-order valence-corrected chi connectivity index (χ1v) is 1.95. The Morgan fingerprint density at radius 2 is 1.29 bits per heavy atom. The Morgan fingerprint density at radius 1 is 1.29 bits per heavy atom. The summed E-state index contributed by atoms with van der Waals surface area (Å²) >= 11 is 0. The molecule has 0 aromatic rings. The van der Waals surface area contributed by atoms with E-state index >= 15 is 0 Å². The maximum absolute atomic E-state index is 8.74. The number of hydrogen-bond acceptors (Lipinski definition) is 1. The molecule has 0 saturated carbocycles. The van der Waals surface area contributed by atoms with Crippen molar-refractivity contribution in [3.63, 3.8) is 0 Å². The molecule has 0 heterocycles.